The van der Waals surface area contributed by atoms with Gasteiger partial charge in [-0.3, -0.25) is 9.78 Å². The molecule has 3 N–H and O–H groups in total. The van der Waals surface area contributed by atoms with Crippen LogP contribution in [-0.2, 0) is 11.3 Å². The van der Waals surface area contributed by atoms with Crippen LogP contribution in [0.5, 0.6) is 0 Å². The minimum absolute atomic E-state index is 0. The summed E-state index contributed by atoms with van der Waals surface area (Å²) in [5.41, 5.74) is 7.47. The summed E-state index contributed by atoms with van der Waals surface area (Å²) in [5, 5.41) is 2.80. The Morgan fingerprint density at radius 2 is 1.87 bits per heavy atom. The fourth-order valence-corrected chi connectivity index (χ4v) is 2.03. The van der Waals surface area contributed by atoms with Crippen LogP contribution in [0.1, 0.15) is 5.56 Å². The number of anilines is 1. The number of benzene rings is 1. The average molecular weight is 357 g/mol. The van der Waals surface area contributed by atoms with Crippen LogP contribution >= 0.6 is 24.8 Å². The zero-order chi connectivity index (χ0) is 14.9. The summed E-state index contributed by atoms with van der Waals surface area (Å²) < 4.78 is 0. The maximum atomic E-state index is 12.0. The summed E-state index contributed by atoms with van der Waals surface area (Å²) in [6.45, 7) is 1.86. The van der Waals surface area contributed by atoms with Gasteiger partial charge in [0.25, 0.3) is 0 Å². The fraction of sp³-hybridized carbons (Fsp3) is 0.250. The Hall–Kier alpha value is -1.82. The van der Waals surface area contributed by atoms with Crippen LogP contribution in [0.25, 0.3) is 0 Å². The molecule has 2 aromatic rings. The number of carbonyl (C=O) groups excluding carboxylic acids is 1. The Morgan fingerprint density at radius 3 is 2.48 bits per heavy atom. The van der Waals surface area contributed by atoms with Crippen LogP contribution in [0.15, 0.2) is 54.9 Å². The molecular formula is C16H22Cl2N4O. The van der Waals surface area contributed by atoms with Crippen molar-refractivity contribution in [3.05, 3.63) is 60.4 Å². The fourth-order valence-electron chi connectivity index (χ4n) is 2.03. The van der Waals surface area contributed by atoms with Crippen molar-refractivity contribution in [2.75, 3.05) is 24.5 Å². The van der Waals surface area contributed by atoms with E-state index in [0.29, 0.717) is 26.2 Å². The Balaban J connectivity index is 0.00000242. The molecule has 1 aromatic heterocycles. The number of amides is 1. The van der Waals surface area contributed by atoms with Gasteiger partial charge in [-0.15, -0.1) is 24.8 Å². The molecule has 0 saturated heterocycles. The summed E-state index contributed by atoms with van der Waals surface area (Å²) in [4.78, 5) is 18.1. The van der Waals surface area contributed by atoms with Crippen LogP contribution < -0.4 is 16.0 Å². The molecule has 126 valence electrons. The normalized spacial score (nSPS) is 9.26. The molecule has 23 heavy (non-hydrogen) atoms. The Morgan fingerprint density at radius 1 is 1.13 bits per heavy atom. The Bertz CT molecular complexity index is 555. The number of aromatic nitrogens is 1. The topological polar surface area (TPSA) is 71.2 Å². The van der Waals surface area contributed by atoms with Gasteiger partial charge in [-0.25, -0.2) is 0 Å². The van der Waals surface area contributed by atoms with Gasteiger partial charge in [0.15, 0.2) is 0 Å². The quantitative estimate of drug-likeness (QED) is 0.795. The SMILES string of the molecule is Cl.Cl.NCCNC(=O)CN(Cc1cccnc1)c1ccccc1. The molecule has 0 aliphatic heterocycles. The molecule has 7 heteroatoms. The first-order valence-corrected chi connectivity index (χ1v) is 6.95. The highest BCUT2D eigenvalue weighted by Gasteiger charge is 2.11. The van der Waals surface area contributed by atoms with Crippen LogP contribution in [0, 0.1) is 0 Å². The van der Waals surface area contributed by atoms with Gasteiger partial charge in [-0.2, -0.15) is 0 Å². The van der Waals surface area contributed by atoms with Crippen molar-refractivity contribution in [1.29, 1.82) is 0 Å². The minimum atomic E-state index is -0.0341. The number of nitrogens with zero attached hydrogens (tertiary/aromatic N) is 2. The molecule has 5 nitrogen and oxygen atoms in total. The zero-order valence-corrected chi connectivity index (χ0v) is 14.4. The maximum Gasteiger partial charge on any atom is 0.239 e. The van der Waals surface area contributed by atoms with Crippen molar-refractivity contribution >= 4 is 36.4 Å². The standard InChI is InChI=1S/C16H20N4O.2ClH/c17-8-10-19-16(21)13-20(15-6-2-1-3-7-15)12-14-5-4-9-18-11-14;;/h1-7,9,11H,8,10,12-13,17H2,(H,19,21);2*1H. The van der Waals surface area contributed by atoms with Crippen LogP contribution in [0.2, 0.25) is 0 Å². The van der Waals surface area contributed by atoms with E-state index in [0.717, 1.165) is 11.3 Å². The van der Waals surface area contributed by atoms with E-state index in [1.807, 2.05) is 53.6 Å². The monoisotopic (exact) mass is 356 g/mol. The first-order chi connectivity index (χ1) is 10.3. The molecule has 0 bridgehead atoms. The van der Waals surface area contributed by atoms with Gasteiger partial charge < -0.3 is 16.0 Å². The van der Waals surface area contributed by atoms with Gasteiger partial charge in [-0.05, 0) is 23.8 Å². The minimum Gasteiger partial charge on any atom is -0.358 e. The molecule has 2 rings (SSSR count). The summed E-state index contributed by atoms with van der Waals surface area (Å²) in [6.07, 6.45) is 3.55. The lowest BCUT2D eigenvalue weighted by molar-refractivity contribution is -0.119. The van der Waals surface area contributed by atoms with Gasteiger partial charge in [0.05, 0.1) is 6.54 Å². The number of carbonyl (C=O) groups is 1. The van der Waals surface area contributed by atoms with Crippen molar-refractivity contribution in [3.8, 4) is 0 Å². The molecule has 1 aromatic carbocycles. The number of halogens is 2. The molecule has 1 amide bonds. The third-order valence-corrected chi connectivity index (χ3v) is 3.02. The predicted molar refractivity (Wildman–Crippen MR) is 98.3 cm³/mol. The molecule has 0 radical (unpaired) electrons. The maximum absolute atomic E-state index is 12.0. The van der Waals surface area contributed by atoms with Gasteiger partial charge >= 0.3 is 0 Å². The summed E-state index contributed by atoms with van der Waals surface area (Å²) >= 11 is 0. The highest BCUT2D eigenvalue weighted by atomic mass is 35.5. The lowest BCUT2D eigenvalue weighted by Gasteiger charge is -2.24. The lowest BCUT2D eigenvalue weighted by atomic mass is 10.2. The van der Waals surface area contributed by atoms with E-state index < -0.39 is 0 Å². The van der Waals surface area contributed by atoms with Crippen molar-refractivity contribution in [2.24, 2.45) is 5.73 Å². The molecule has 0 atom stereocenters. The molecule has 0 unspecified atom stereocenters. The Labute approximate surface area is 149 Å². The molecular weight excluding hydrogens is 335 g/mol. The first kappa shape index (κ1) is 21.2. The van der Waals surface area contributed by atoms with Gasteiger partial charge in [0, 0.05) is 37.7 Å². The van der Waals surface area contributed by atoms with E-state index in [1.165, 1.54) is 0 Å². The van der Waals surface area contributed by atoms with Gasteiger partial charge in [-0.1, -0.05) is 24.3 Å². The number of nitrogens with two attached hydrogens (primary N) is 1. The van der Waals surface area contributed by atoms with Crippen molar-refractivity contribution in [1.82, 2.24) is 10.3 Å². The van der Waals surface area contributed by atoms with E-state index in [-0.39, 0.29) is 30.7 Å². The molecule has 0 aliphatic carbocycles. The van der Waals surface area contributed by atoms with E-state index in [1.54, 1.807) is 6.20 Å². The van der Waals surface area contributed by atoms with Crippen molar-refractivity contribution < 1.29 is 4.79 Å². The van der Waals surface area contributed by atoms with Crippen molar-refractivity contribution in [2.45, 2.75) is 6.54 Å². The number of hydrogen-bond donors (Lipinski definition) is 2. The highest BCUT2D eigenvalue weighted by Crippen LogP contribution is 2.16. The largest absolute Gasteiger partial charge is 0.358 e. The molecule has 0 saturated carbocycles. The third-order valence-electron chi connectivity index (χ3n) is 3.02. The molecule has 0 aliphatic rings. The van der Waals surface area contributed by atoms with E-state index >= 15 is 0 Å². The predicted octanol–water partition coefficient (Wildman–Crippen LogP) is 2.01. The zero-order valence-electron chi connectivity index (χ0n) is 12.7. The molecule has 0 fully saturated rings. The molecule has 0 spiro atoms. The number of pyridine rings is 1. The highest BCUT2D eigenvalue weighted by molar-refractivity contribution is 5.85. The van der Waals surface area contributed by atoms with Crippen molar-refractivity contribution in [3.63, 3.8) is 0 Å². The van der Waals surface area contributed by atoms with Crippen LogP contribution in [0.4, 0.5) is 5.69 Å². The van der Waals surface area contributed by atoms with Crippen LogP contribution in [0.3, 0.4) is 0 Å². The first-order valence-electron chi connectivity index (χ1n) is 6.95. The number of nitrogens with one attached hydrogen (secondary N) is 1. The summed E-state index contributed by atoms with van der Waals surface area (Å²) in [5.74, 6) is -0.0341. The average Bonchev–Trinajstić information content (AvgIpc) is 2.54. The third kappa shape index (κ3) is 7.32. The molecule has 1 heterocycles. The van der Waals surface area contributed by atoms with E-state index in [4.69, 9.17) is 5.73 Å². The van der Waals surface area contributed by atoms with Gasteiger partial charge in [0.1, 0.15) is 0 Å². The number of para-hydroxylation sites is 1. The van der Waals surface area contributed by atoms with E-state index in [2.05, 4.69) is 10.3 Å². The number of hydrogen-bond acceptors (Lipinski definition) is 4. The number of rotatable bonds is 7. The Kier molecular flexibility index (Phi) is 10.8. The van der Waals surface area contributed by atoms with E-state index in [9.17, 15) is 4.79 Å². The summed E-state index contributed by atoms with van der Waals surface area (Å²) in [6, 6.07) is 13.8. The smallest absolute Gasteiger partial charge is 0.239 e. The second kappa shape index (κ2) is 11.7. The second-order valence-corrected chi connectivity index (χ2v) is 4.69. The lowest BCUT2D eigenvalue weighted by Crippen LogP contribution is -2.39. The summed E-state index contributed by atoms with van der Waals surface area (Å²) in [7, 11) is 0. The second-order valence-electron chi connectivity index (χ2n) is 4.69. The van der Waals surface area contributed by atoms with Gasteiger partial charge in [0.2, 0.25) is 5.91 Å². The van der Waals surface area contributed by atoms with Crippen LogP contribution in [-0.4, -0.2) is 30.5 Å².